The molecule has 398 valence electrons. The van der Waals surface area contributed by atoms with E-state index in [4.69, 9.17) is 52.5 Å². The van der Waals surface area contributed by atoms with Crippen LogP contribution in [0, 0.1) is 0 Å². The van der Waals surface area contributed by atoms with Crippen LogP contribution in [0.2, 0.25) is 0 Å². The van der Waals surface area contributed by atoms with E-state index >= 15 is 0 Å². The molecule has 68 heavy (non-hydrogen) atoms. The second-order valence-corrected chi connectivity index (χ2v) is 18.9. The van der Waals surface area contributed by atoms with Crippen molar-refractivity contribution in [2.24, 2.45) is 0 Å². The van der Waals surface area contributed by atoms with Gasteiger partial charge in [-0.3, -0.25) is 4.79 Å². The van der Waals surface area contributed by atoms with Crippen molar-refractivity contribution >= 4 is 5.97 Å². The fourth-order valence-corrected chi connectivity index (χ4v) is 9.07. The third kappa shape index (κ3) is 14.4. The van der Waals surface area contributed by atoms with Gasteiger partial charge in [0.05, 0.1) is 37.1 Å². The van der Waals surface area contributed by atoms with Gasteiger partial charge in [0.15, 0.2) is 31.5 Å². The molecule has 0 amide bonds. The molecule has 13 N–H and O–H groups in total. The molecule has 5 rings (SSSR count). The number of carboxylic acids is 1. The number of carboxylic acid groups (broad SMARTS) is 1. The Morgan fingerprint density at radius 3 is 1.34 bits per heavy atom. The Morgan fingerprint density at radius 2 is 0.838 bits per heavy atom. The summed E-state index contributed by atoms with van der Waals surface area (Å²) in [5.41, 5.74) is 0. The molecule has 5 fully saturated rings. The van der Waals surface area contributed by atoms with Gasteiger partial charge in [0.2, 0.25) is 0 Å². The summed E-state index contributed by atoms with van der Waals surface area (Å²) in [7, 11) is 0. The lowest BCUT2D eigenvalue weighted by Gasteiger charge is -2.49. The minimum absolute atomic E-state index is 0.146. The van der Waals surface area contributed by atoms with Gasteiger partial charge >= 0.3 is 5.97 Å². The first kappa shape index (κ1) is 57.5. The Morgan fingerprint density at radius 1 is 0.441 bits per heavy atom. The van der Waals surface area contributed by atoms with E-state index in [1.54, 1.807) is 0 Å². The average molecular weight is 991 g/mol. The van der Waals surface area contributed by atoms with Gasteiger partial charge in [0.25, 0.3) is 0 Å². The molecule has 0 aromatic carbocycles. The first-order valence-electron chi connectivity index (χ1n) is 24.1. The van der Waals surface area contributed by atoms with Crippen LogP contribution < -0.4 is 0 Å². The van der Waals surface area contributed by atoms with Crippen molar-refractivity contribution in [3.63, 3.8) is 0 Å². The maximum absolute atomic E-state index is 11.7. The number of rotatable bonds is 23. The van der Waals surface area contributed by atoms with E-state index in [2.05, 4.69) is 0 Å². The number of aliphatic hydroxyl groups excluding tert-OH is 12. The Kier molecular flexibility index (Phi) is 22.4. The monoisotopic (exact) mass is 990 g/mol. The summed E-state index contributed by atoms with van der Waals surface area (Å²) >= 11 is 0. The van der Waals surface area contributed by atoms with Gasteiger partial charge in [-0.2, -0.15) is 0 Å². The van der Waals surface area contributed by atoms with Gasteiger partial charge < -0.3 is 114 Å². The van der Waals surface area contributed by atoms with Crippen LogP contribution in [0.4, 0.5) is 0 Å². The largest absolute Gasteiger partial charge is 0.481 e. The fourth-order valence-electron chi connectivity index (χ4n) is 9.07. The molecule has 0 aromatic rings. The van der Waals surface area contributed by atoms with E-state index in [0.717, 1.165) is 38.5 Å². The smallest absolute Gasteiger partial charge is 0.303 e. The highest BCUT2D eigenvalue weighted by Crippen LogP contribution is 2.36. The predicted molar refractivity (Wildman–Crippen MR) is 228 cm³/mol. The summed E-state index contributed by atoms with van der Waals surface area (Å²) in [4.78, 5) is 10.8. The van der Waals surface area contributed by atoms with E-state index in [9.17, 15) is 66.1 Å². The lowest BCUT2D eigenvalue weighted by molar-refractivity contribution is -0.398. The molecule has 0 unspecified atom stereocenters. The molecule has 0 bridgehead atoms. The van der Waals surface area contributed by atoms with Crippen molar-refractivity contribution in [1.29, 1.82) is 0 Å². The van der Waals surface area contributed by atoms with Gasteiger partial charge in [-0.1, -0.05) is 51.9 Å². The second-order valence-electron chi connectivity index (χ2n) is 18.9. The lowest BCUT2D eigenvalue weighted by atomic mass is 9.96. The molecule has 5 aliphatic rings. The quantitative estimate of drug-likeness (QED) is 0.0453. The average Bonchev–Trinajstić information content (AvgIpc) is 3.30. The first-order valence-corrected chi connectivity index (χ1v) is 24.1. The Bertz CT molecular complexity index is 1490. The maximum Gasteiger partial charge on any atom is 0.303 e. The first-order chi connectivity index (χ1) is 32.2. The minimum Gasteiger partial charge on any atom is -0.481 e. The normalized spacial score (nSPS) is 46.3. The summed E-state index contributed by atoms with van der Waals surface area (Å²) in [6.07, 6.45) is -32.0. The van der Waals surface area contributed by atoms with Crippen LogP contribution in [-0.2, 0) is 52.2 Å². The molecule has 0 spiro atoms. The molecule has 24 heteroatoms. The van der Waals surface area contributed by atoms with Gasteiger partial charge in [-0.15, -0.1) is 0 Å². The third-order valence-electron chi connectivity index (χ3n) is 13.5. The van der Waals surface area contributed by atoms with E-state index in [0.29, 0.717) is 25.7 Å². The van der Waals surface area contributed by atoms with Crippen molar-refractivity contribution in [3.8, 4) is 0 Å². The van der Waals surface area contributed by atoms with Crippen molar-refractivity contribution in [3.05, 3.63) is 0 Å². The summed E-state index contributed by atoms with van der Waals surface area (Å²) in [6, 6.07) is 0. The number of carbonyl (C=O) groups is 1. The molecule has 26 atom stereocenters. The van der Waals surface area contributed by atoms with Gasteiger partial charge in [0.1, 0.15) is 97.7 Å². The molecule has 0 radical (unpaired) electrons. The lowest BCUT2D eigenvalue weighted by Crippen LogP contribution is -2.67. The van der Waals surface area contributed by atoms with Crippen LogP contribution in [0.25, 0.3) is 0 Å². The summed E-state index contributed by atoms with van der Waals surface area (Å²) in [5, 5.41) is 140. The Hall–Kier alpha value is -1.41. The summed E-state index contributed by atoms with van der Waals surface area (Å²) < 4.78 is 59.8. The van der Waals surface area contributed by atoms with Gasteiger partial charge in [0, 0.05) is 6.42 Å². The van der Waals surface area contributed by atoms with Crippen molar-refractivity contribution in [2.75, 3.05) is 6.61 Å². The number of hydrogen-bond donors (Lipinski definition) is 13. The molecule has 5 saturated heterocycles. The molecule has 24 nitrogen and oxygen atoms in total. The van der Waals surface area contributed by atoms with E-state index < -0.39 is 172 Å². The molecular formula is C44H78O24. The van der Waals surface area contributed by atoms with Crippen LogP contribution >= 0.6 is 0 Å². The highest BCUT2D eigenvalue weighted by atomic mass is 16.8. The van der Waals surface area contributed by atoms with E-state index in [1.807, 2.05) is 6.92 Å². The zero-order valence-corrected chi connectivity index (χ0v) is 39.3. The number of aliphatic carboxylic acids is 1. The molecule has 0 aliphatic carbocycles. The molecule has 5 aliphatic heterocycles. The van der Waals surface area contributed by atoms with Gasteiger partial charge in [-0.25, -0.2) is 0 Å². The highest BCUT2D eigenvalue weighted by Gasteiger charge is 2.55. The Labute approximate surface area is 395 Å². The van der Waals surface area contributed by atoms with Crippen molar-refractivity contribution < 1.29 is 119 Å². The topological polar surface area (TPSA) is 372 Å². The molecular weight excluding hydrogens is 912 g/mol. The summed E-state index contributed by atoms with van der Waals surface area (Å²) in [5.74, 6) is -0.810. The van der Waals surface area contributed by atoms with Gasteiger partial charge in [-0.05, 0) is 47.0 Å². The minimum atomic E-state index is -1.99. The standard InChI is InChI=1S/C44H78O24/c1-6-14-22(15-12-10-8-7-9-11-13-16-24(45)46)64-43-38(33(55)28(50)21(5)63-43)68-44-39(67-41-36(58)31(53)26(48)19(3)61-41)34(56)29(51)23(65-44)17-59-42-37(32(54)27(49)20(4)62-42)66-40-35(57)30(52)25(47)18(2)60-40/h18-23,25-44,47-58H,6-17H2,1-5H3,(H,45,46)/t18-,19-,20+,21-,22-,23+,25-,26-,27+,28-,29+,30+,31+,32-,33+,34-,35+,36+,37+,38+,39+,40-,41-,42+,43-,44-/m0/s1. The molecule has 5 heterocycles. The van der Waals surface area contributed by atoms with Crippen LogP contribution in [0.5, 0.6) is 0 Å². The van der Waals surface area contributed by atoms with Crippen molar-refractivity contribution in [1.82, 2.24) is 0 Å². The SMILES string of the molecule is CCC[C@@H](CCCCCCCCCC(=O)O)O[C@@H]1O[C@@H](C)[C@H](O)[C@@H](O)[C@H]1O[C@@H]1O[C@H](CO[C@@H]2O[C@H](C)[C@@H](O)[C@H](O)[C@H]2O[C@@H]2O[C@@H](C)[C@H](O)[C@@H](O)[C@H]2O)[C@@H](O)[C@H](O)[C@H]1O[C@@H]1O[C@@H](C)[C@H](O)[C@@H](O)[C@H]1O. The number of aliphatic hydroxyl groups is 12. The van der Waals surface area contributed by atoms with Crippen LogP contribution in [-0.4, -0.2) is 239 Å². The summed E-state index contributed by atoms with van der Waals surface area (Å²) in [6.45, 7) is 7.02. The number of unbranched alkanes of at least 4 members (excludes halogenated alkanes) is 6. The Balaban J connectivity index is 1.35. The number of ether oxygens (including phenoxy) is 10. The van der Waals surface area contributed by atoms with Crippen LogP contribution in [0.1, 0.15) is 105 Å². The second kappa shape index (κ2) is 26.5. The zero-order chi connectivity index (χ0) is 50.1. The van der Waals surface area contributed by atoms with Crippen molar-refractivity contribution in [2.45, 2.75) is 265 Å². The molecule has 0 aromatic heterocycles. The number of hydrogen-bond acceptors (Lipinski definition) is 23. The third-order valence-corrected chi connectivity index (χ3v) is 13.5. The van der Waals surface area contributed by atoms with E-state index in [-0.39, 0.29) is 6.42 Å². The molecule has 0 saturated carbocycles. The van der Waals surface area contributed by atoms with Crippen LogP contribution in [0.3, 0.4) is 0 Å². The highest BCUT2D eigenvalue weighted by molar-refractivity contribution is 5.66. The predicted octanol–water partition coefficient (Wildman–Crippen LogP) is -3.03. The van der Waals surface area contributed by atoms with Crippen LogP contribution in [0.15, 0.2) is 0 Å². The van der Waals surface area contributed by atoms with E-state index in [1.165, 1.54) is 27.7 Å². The maximum atomic E-state index is 11.7. The fraction of sp³-hybridized carbons (Fsp3) is 0.977. The zero-order valence-electron chi connectivity index (χ0n) is 39.3.